The predicted octanol–water partition coefficient (Wildman–Crippen LogP) is 2.03. The van der Waals surface area contributed by atoms with Crippen molar-refractivity contribution in [2.45, 2.75) is 25.8 Å². The summed E-state index contributed by atoms with van der Waals surface area (Å²) in [6, 6.07) is 6.47. The molecule has 0 unspecified atom stereocenters. The highest BCUT2D eigenvalue weighted by molar-refractivity contribution is 5.40. The summed E-state index contributed by atoms with van der Waals surface area (Å²) in [6.45, 7) is 2.90. The number of nitrogens with two attached hydrogens (primary N) is 1. The van der Waals surface area contributed by atoms with Gasteiger partial charge in [-0.3, -0.25) is 0 Å². The van der Waals surface area contributed by atoms with Gasteiger partial charge in [-0.25, -0.2) is 0 Å². The van der Waals surface area contributed by atoms with E-state index < -0.39 is 0 Å². The Kier molecular flexibility index (Phi) is 2.23. The van der Waals surface area contributed by atoms with Crippen molar-refractivity contribution in [2.75, 3.05) is 6.61 Å². The van der Waals surface area contributed by atoms with Gasteiger partial charge in [-0.1, -0.05) is 19.1 Å². The van der Waals surface area contributed by atoms with E-state index in [0.717, 1.165) is 25.2 Å². The molecule has 0 amide bonds. The minimum absolute atomic E-state index is 0.162. The first-order valence-corrected chi connectivity index (χ1v) is 4.82. The van der Waals surface area contributed by atoms with Crippen LogP contribution in [0.25, 0.3) is 0 Å². The molecule has 0 fully saturated rings. The average Bonchev–Trinajstić information content (AvgIpc) is 2.18. The zero-order valence-corrected chi connectivity index (χ0v) is 7.92. The second-order valence-electron chi connectivity index (χ2n) is 3.47. The minimum atomic E-state index is 0.162. The van der Waals surface area contributed by atoms with Crippen molar-refractivity contribution in [1.29, 1.82) is 0 Å². The van der Waals surface area contributed by atoms with E-state index in [2.05, 4.69) is 19.1 Å². The van der Waals surface area contributed by atoms with E-state index in [1.165, 1.54) is 11.1 Å². The minimum Gasteiger partial charge on any atom is -0.493 e. The molecule has 0 aliphatic carbocycles. The molecule has 2 N–H and O–H groups in total. The van der Waals surface area contributed by atoms with Crippen LogP contribution in [0.5, 0.6) is 5.75 Å². The maximum Gasteiger partial charge on any atom is 0.124 e. The molecule has 1 aliphatic heterocycles. The Morgan fingerprint density at radius 2 is 2.38 bits per heavy atom. The van der Waals surface area contributed by atoms with E-state index in [1.807, 2.05) is 6.07 Å². The van der Waals surface area contributed by atoms with Crippen molar-refractivity contribution in [3.63, 3.8) is 0 Å². The van der Waals surface area contributed by atoms with Gasteiger partial charge in [0, 0.05) is 18.0 Å². The largest absolute Gasteiger partial charge is 0.493 e. The molecule has 2 nitrogen and oxygen atoms in total. The van der Waals surface area contributed by atoms with Gasteiger partial charge in [0.1, 0.15) is 5.75 Å². The molecule has 1 aromatic rings. The smallest absolute Gasteiger partial charge is 0.124 e. The summed E-state index contributed by atoms with van der Waals surface area (Å²) in [7, 11) is 0. The fourth-order valence-electron chi connectivity index (χ4n) is 1.69. The molecule has 1 aromatic carbocycles. The van der Waals surface area contributed by atoms with Crippen LogP contribution in [0.1, 0.15) is 30.5 Å². The first kappa shape index (κ1) is 8.57. The summed E-state index contributed by atoms with van der Waals surface area (Å²) < 4.78 is 5.51. The first-order chi connectivity index (χ1) is 6.31. The molecule has 0 spiro atoms. The zero-order chi connectivity index (χ0) is 9.26. The predicted molar refractivity (Wildman–Crippen MR) is 52.9 cm³/mol. The van der Waals surface area contributed by atoms with Crippen molar-refractivity contribution in [2.24, 2.45) is 5.73 Å². The van der Waals surface area contributed by atoms with Crippen LogP contribution in [0, 0.1) is 0 Å². The van der Waals surface area contributed by atoms with Crippen LogP contribution >= 0.6 is 0 Å². The van der Waals surface area contributed by atoms with Gasteiger partial charge < -0.3 is 10.5 Å². The first-order valence-electron chi connectivity index (χ1n) is 4.82. The average molecular weight is 177 g/mol. The van der Waals surface area contributed by atoms with Gasteiger partial charge in [0.25, 0.3) is 0 Å². The van der Waals surface area contributed by atoms with Gasteiger partial charge >= 0.3 is 0 Å². The molecule has 0 radical (unpaired) electrons. The Bertz CT molecular complexity index is 309. The lowest BCUT2D eigenvalue weighted by Gasteiger charge is -2.23. The second-order valence-corrected chi connectivity index (χ2v) is 3.47. The number of ether oxygens (including phenoxy) is 1. The van der Waals surface area contributed by atoms with Gasteiger partial charge in [0.2, 0.25) is 0 Å². The van der Waals surface area contributed by atoms with Crippen LogP contribution in [0.2, 0.25) is 0 Å². The van der Waals surface area contributed by atoms with E-state index >= 15 is 0 Å². The molecule has 0 aromatic heterocycles. The van der Waals surface area contributed by atoms with Gasteiger partial charge in [-0.05, 0) is 18.1 Å². The van der Waals surface area contributed by atoms with Crippen molar-refractivity contribution in [1.82, 2.24) is 0 Å². The molecule has 0 saturated heterocycles. The number of fused-ring (bicyclic) bond motifs is 1. The Labute approximate surface area is 78.7 Å². The summed E-state index contributed by atoms with van der Waals surface area (Å²) >= 11 is 0. The number of rotatable bonds is 1. The molecular weight excluding hydrogens is 162 g/mol. The number of aryl methyl sites for hydroxylation is 1. The highest BCUT2D eigenvalue weighted by Gasteiger charge is 2.17. The Morgan fingerprint density at radius 3 is 3.15 bits per heavy atom. The molecule has 13 heavy (non-hydrogen) atoms. The molecule has 2 heteroatoms. The van der Waals surface area contributed by atoms with Crippen LogP contribution in [-0.4, -0.2) is 6.61 Å². The summed E-state index contributed by atoms with van der Waals surface area (Å²) in [5.74, 6) is 0.968. The molecule has 0 bridgehead atoms. The lowest BCUT2D eigenvalue weighted by Crippen LogP contribution is -2.20. The van der Waals surface area contributed by atoms with Crippen molar-refractivity contribution in [3.05, 3.63) is 29.3 Å². The third kappa shape index (κ3) is 1.54. The third-order valence-corrected chi connectivity index (χ3v) is 2.57. The standard InChI is InChI=1S/C11H15NO/c1-2-8-3-4-11-9(7-8)10(12)5-6-13-11/h3-4,7,10H,2,5-6,12H2,1H3/t10-/m1/s1. The molecule has 1 aliphatic rings. The summed E-state index contributed by atoms with van der Waals surface area (Å²) in [6.07, 6.45) is 1.99. The van der Waals surface area contributed by atoms with Crippen LogP contribution in [0.3, 0.4) is 0 Å². The molecule has 1 atom stereocenters. The lowest BCUT2D eigenvalue weighted by molar-refractivity contribution is 0.269. The summed E-state index contributed by atoms with van der Waals surface area (Å²) in [5, 5.41) is 0. The molecule has 0 saturated carbocycles. The van der Waals surface area contributed by atoms with Gasteiger partial charge in [0.15, 0.2) is 0 Å². The van der Waals surface area contributed by atoms with Crippen molar-refractivity contribution in [3.8, 4) is 5.75 Å². The van der Waals surface area contributed by atoms with Gasteiger partial charge in [-0.2, -0.15) is 0 Å². The highest BCUT2D eigenvalue weighted by atomic mass is 16.5. The number of hydrogen-bond donors (Lipinski definition) is 1. The topological polar surface area (TPSA) is 35.2 Å². The van der Waals surface area contributed by atoms with Crippen LogP contribution in [0.15, 0.2) is 18.2 Å². The Balaban J connectivity index is 2.41. The Hall–Kier alpha value is -1.02. The SMILES string of the molecule is CCc1ccc2c(c1)[C@H](N)CCO2. The third-order valence-electron chi connectivity index (χ3n) is 2.57. The molecule has 1 heterocycles. The fraction of sp³-hybridized carbons (Fsp3) is 0.455. The molecule has 70 valence electrons. The Morgan fingerprint density at radius 1 is 1.54 bits per heavy atom. The van der Waals surface area contributed by atoms with E-state index in [9.17, 15) is 0 Å². The van der Waals surface area contributed by atoms with E-state index in [-0.39, 0.29) is 6.04 Å². The summed E-state index contributed by atoms with van der Waals surface area (Å²) in [4.78, 5) is 0. The van der Waals surface area contributed by atoms with Crippen molar-refractivity contribution >= 4 is 0 Å². The lowest BCUT2D eigenvalue weighted by atomic mass is 9.98. The van der Waals surface area contributed by atoms with Crippen LogP contribution < -0.4 is 10.5 Å². The monoisotopic (exact) mass is 177 g/mol. The maximum absolute atomic E-state index is 5.99. The zero-order valence-electron chi connectivity index (χ0n) is 7.92. The van der Waals surface area contributed by atoms with Crippen LogP contribution in [0.4, 0.5) is 0 Å². The van der Waals surface area contributed by atoms with E-state index in [1.54, 1.807) is 0 Å². The summed E-state index contributed by atoms with van der Waals surface area (Å²) in [5.41, 5.74) is 8.49. The fourth-order valence-corrected chi connectivity index (χ4v) is 1.69. The van der Waals surface area contributed by atoms with Crippen LogP contribution in [-0.2, 0) is 6.42 Å². The van der Waals surface area contributed by atoms with Gasteiger partial charge in [0.05, 0.1) is 6.61 Å². The molecule has 2 rings (SSSR count). The quantitative estimate of drug-likeness (QED) is 0.712. The normalized spacial score (nSPS) is 20.6. The van der Waals surface area contributed by atoms with Crippen molar-refractivity contribution < 1.29 is 4.74 Å². The van der Waals surface area contributed by atoms with E-state index in [4.69, 9.17) is 10.5 Å². The van der Waals surface area contributed by atoms with Gasteiger partial charge in [-0.15, -0.1) is 0 Å². The number of hydrogen-bond acceptors (Lipinski definition) is 2. The maximum atomic E-state index is 5.99. The second kappa shape index (κ2) is 3.38. The molecular formula is C11H15NO. The van der Waals surface area contributed by atoms with E-state index in [0.29, 0.717) is 0 Å². The highest BCUT2D eigenvalue weighted by Crippen LogP contribution is 2.31. The number of benzene rings is 1.